The van der Waals surface area contributed by atoms with Crippen LogP contribution in [-0.2, 0) is 4.79 Å². The highest BCUT2D eigenvalue weighted by molar-refractivity contribution is 5.93. The third-order valence-corrected chi connectivity index (χ3v) is 2.38. The summed E-state index contributed by atoms with van der Waals surface area (Å²) in [5, 5.41) is 20.4. The van der Waals surface area contributed by atoms with Crippen LogP contribution in [0.3, 0.4) is 0 Å². The molecule has 1 heterocycles. The van der Waals surface area contributed by atoms with Gasteiger partial charge >= 0.3 is 12.0 Å². The first-order chi connectivity index (χ1) is 7.95. The number of rotatable bonds is 4. The van der Waals surface area contributed by atoms with Crippen LogP contribution in [0.15, 0.2) is 0 Å². The minimum atomic E-state index is -1.05. The monoisotopic (exact) mass is 240 g/mol. The molecule has 1 aromatic rings. The second-order valence-corrected chi connectivity index (χ2v) is 3.71. The number of aryl methyl sites for hydroxylation is 2. The molecule has 0 aromatic carbocycles. The van der Waals surface area contributed by atoms with Crippen LogP contribution in [0.25, 0.3) is 0 Å². The number of nitrogens with zero attached hydrogens (tertiary/aromatic N) is 1. The van der Waals surface area contributed by atoms with E-state index in [-0.39, 0.29) is 0 Å². The number of urea groups is 1. The summed E-state index contributed by atoms with van der Waals surface area (Å²) < 4.78 is 0. The van der Waals surface area contributed by atoms with Crippen molar-refractivity contribution in [3.63, 3.8) is 0 Å². The standard InChI is InChI=1S/C10H16N4O3/c1-4-7(9(15)16)11-10(17)12-8-5(2)13-14-6(8)3/h7H,4H2,1-3H3,(H,13,14)(H,15,16)(H2,11,12,17)/t7-/m1/s1. The Hall–Kier alpha value is -2.05. The number of H-pyrrole nitrogens is 1. The zero-order chi connectivity index (χ0) is 13.0. The highest BCUT2D eigenvalue weighted by Crippen LogP contribution is 2.15. The Bertz CT molecular complexity index is 408. The van der Waals surface area contributed by atoms with E-state index in [0.29, 0.717) is 17.8 Å². The Balaban J connectivity index is 2.64. The summed E-state index contributed by atoms with van der Waals surface area (Å²) in [6.07, 6.45) is 0.326. The molecule has 1 atom stereocenters. The maximum Gasteiger partial charge on any atom is 0.326 e. The van der Waals surface area contributed by atoms with Crippen LogP contribution >= 0.6 is 0 Å². The Kier molecular flexibility index (Phi) is 4.08. The Morgan fingerprint density at radius 3 is 2.53 bits per heavy atom. The highest BCUT2D eigenvalue weighted by Gasteiger charge is 2.18. The van der Waals surface area contributed by atoms with Gasteiger partial charge < -0.3 is 15.7 Å². The number of aromatic amines is 1. The van der Waals surface area contributed by atoms with E-state index < -0.39 is 18.0 Å². The largest absolute Gasteiger partial charge is 0.480 e. The van der Waals surface area contributed by atoms with Crippen LogP contribution < -0.4 is 10.6 Å². The molecule has 0 radical (unpaired) electrons. The van der Waals surface area contributed by atoms with Crippen LogP contribution in [0.5, 0.6) is 0 Å². The molecular weight excluding hydrogens is 224 g/mol. The Labute approximate surface area is 98.6 Å². The van der Waals surface area contributed by atoms with Crippen LogP contribution in [0.1, 0.15) is 24.7 Å². The number of carbonyl (C=O) groups is 2. The van der Waals surface area contributed by atoms with E-state index in [9.17, 15) is 9.59 Å². The minimum absolute atomic E-state index is 0.326. The first kappa shape index (κ1) is 13.0. The first-order valence-electron chi connectivity index (χ1n) is 5.27. The maximum atomic E-state index is 11.6. The molecule has 0 saturated carbocycles. The summed E-state index contributed by atoms with van der Waals surface area (Å²) in [5.41, 5.74) is 1.95. The number of anilines is 1. The van der Waals surface area contributed by atoms with E-state index in [4.69, 9.17) is 5.11 Å². The normalized spacial score (nSPS) is 11.9. The quantitative estimate of drug-likeness (QED) is 0.630. The van der Waals surface area contributed by atoms with Gasteiger partial charge in [-0.05, 0) is 20.3 Å². The molecule has 7 nitrogen and oxygen atoms in total. The van der Waals surface area contributed by atoms with Gasteiger partial charge in [0.15, 0.2) is 0 Å². The van der Waals surface area contributed by atoms with Crippen molar-refractivity contribution in [1.82, 2.24) is 15.5 Å². The fourth-order valence-corrected chi connectivity index (χ4v) is 1.38. The maximum absolute atomic E-state index is 11.6. The fraction of sp³-hybridized carbons (Fsp3) is 0.500. The van der Waals surface area contributed by atoms with Crippen molar-refractivity contribution < 1.29 is 14.7 Å². The zero-order valence-electron chi connectivity index (χ0n) is 10.00. The van der Waals surface area contributed by atoms with Gasteiger partial charge in [-0.1, -0.05) is 6.92 Å². The Morgan fingerprint density at radius 2 is 2.12 bits per heavy atom. The van der Waals surface area contributed by atoms with E-state index in [2.05, 4.69) is 20.8 Å². The molecule has 0 aliphatic rings. The number of carboxylic acid groups (broad SMARTS) is 1. The number of carbonyl (C=O) groups excluding carboxylic acids is 1. The van der Waals surface area contributed by atoms with Gasteiger partial charge in [-0.2, -0.15) is 5.10 Å². The lowest BCUT2D eigenvalue weighted by Gasteiger charge is -2.13. The molecule has 0 saturated heterocycles. The van der Waals surface area contributed by atoms with Crippen LogP contribution in [-0.4, -0.2) is 33.3 Å². The number of aromatic nitrogens is 2. The number of nitrogens with one attached hydrogen (secondary N) is 3. The molecule has 2 amide bonds. The van der Waals surface area contributed by atoms with Crippen molar-refractivity contribution in [3.05, 3.63) is 11.4 Å². The van der Waals surface area contributed by atoms with Gasteiger partial charge in [-0.25, -0.2) is 9.59 Å². The van der Waals surface area contributed by atoms with Gasteiger partial charge in [0.1, 0.15) is 6.04 Å². The van der Waals surface area contributed by atoms with Crippen molar-refractivity contribution in [2.75, 3.05) is 5.32 Å². The lowest BCUT2D eigenvalue weighted by molar-refractivity contribution is -0.139. The van der Waals surface area contributed by atoms with Crippen molar-refractivity contribution in [1.29, 1.82) is 0 Å². The molecule has 4 N–H and O–H groups in total. The average molecular weight is 240 g/mol. The molecule has 0 spiro atoms. The molecule has 1 rings (SSSR count). The first-order valence-corrected chi connectivity index (χ1v) is 5.27. The van der Waals surface area contributed by atoms with Crippen molar-refractivity contribution in [3.8, 4) is 0 Å². The SMILES string of the molecule is CC[C@@H](NC(=O)Nc1c(C)n[nH]c1C)C(=O)O. The average Bonchev–Trinajstić information content (AvgIpc) is 2.57. The van der Waals surface area contributed by atoms with E-state index in [1.165, 1.54) is 0 Å². The summed E-state index contributed by atoms with van der Waals surface area (Å²) in [4.78, 5) is 22.3. The number of amides is 2. The van der Waals surface area contributed by atoms with Crippen molar-refractivity contribution in [2.45, 2.75) is 33.2 Å². The molecule has 94 valence electrons. The van der Waals surface area contributed by atoms with Gasteiger partial charge in [0.25, 0.3) is 0 Å². The molecular formula is C10H16N4O3. The summed E-state index contributed by atoms with van der Waals surface area (Å²) >= 11 is 0. The minimum Gasteiger partial charge on any atom is -0.480 e. The molecule has 0 fully saturated rings. The summed E-state index contributed by atoms with van der Waals surface area (Å²) in [7, 11) is 0. The smallest absolute Gasteiger partial charge is 0.326 e. The highest BCUT2D eigenvalue weighted by atomic mass is 16.4. The van der Waals surface area contributed by atoms with Crippen LogP contribution in [0, 0.1) is 13.8 Å². The molecule has 0 aliphatic heterocycles. The number of carboxylic acids is 1. The van der Waals surface area contributed by atoms with Gasteiger partial charge in [0.05, 0.1) is 17.1 Å². The van der Waals surface area contributed by atoms with Gasteiger partial charge in [-0.15, -0.1) is 0 Å². The second kappa shape index (κ2) is 5.33. The molecule has 0 aliphatic carbocycles. The van der Waals surface area contributed by atoms with Crippen LogP contribution in [0.2, 0.25) is 0 Å². The number of aliphatic carboxylic acids is 1. The zero-order valence-corrected chi connectivity index (χ0v) is 10.00. The van der Waals surface area contributed by atoms with E-state index >= 15 is 0 Å². The van der Waals surface area contributed by atoms with Crippen molar-refractivity contribution >= 4 is 17.7 Å². The predicted octanol–water partition coefficient (Wildman–Crippen LogP) is 1.01. The molecule has 0 bridgehead atoms. The molecule has 7 heteroatoms. The number of hydrogen-bond acceptors (Lipinski definition) is 3. The lowest BCUT2D eigenvalue weighted by Crippen LogP contribution is -2.42. The van der Waals surface area contributed by atoms with E-state index in [1.807, 2.05) is 0 Å². The summed E-state index contributed by atoms with van der Waals surface area (Å²) in [6, 6.07) is -1.44. The second-order valence-electron chi connectivity index (χ2n) is 3.71. The molecule has 0 unspecified atom stereocenters. The molecule has 1 aromatic heterocycles. The van der Waals surface area contributed by atoms with Crippen molar-refractivity contribution in [2.24, 2.45) is 0 Å². The third-order valence-electron chi connectivity index (χ3n) is 2.38. The van der Waals surface area contributed by atoms with E-state index in [0.717, 1.165) is 5.69 Å². The predicted molar refractivity (Wildman–Crippen MR) is 61.9 cm³/mol. The van der Waals surface area contributed by atoms with Gasteiger partial charge in [0.2, 0.25) is 0 Å². The summed E-state index contributed by atoms with van der Waals surface area (Å²) in [5.74, 6) is -1.05. The van der Waals surface area contributed by atoms with Crippen LogP contribution in [0.4, 0.5) is 10.5 Å². The third kappa shape index (κ3) is 3.20. The number of hydrogen-bond donors (Lipinski definition) is 4. The summed E-state index contributed by atoms with van der Waals surface area (Å²) in [6.45, 7) is 5.20. The molecule has 17 heavy (non-hydrogen) atoms. The van der Waals surface area contributed by atoms with Gasteiger partial charge in [-0.3, -0.25) is 5.10 Å². The van der Waals surface area contributed by atoms with Gasteiger partial charge in [0, 0.05) is 0 Å². The topological polar surface area (TPSA) is 107 Å². The fourth-order valence-electron chi connectivity index (χ4n) is 1.38. The van der Waals surface area contributed by atoms with E-state index in [1.54, 1.807) is 20.8 Å². The lowest BCUT2D eigenvalue weighted by atomic mass is 10.2. The Morgan fingerprint density at radius 1 is 1.47 bits per heavy atom.